The monoisotopic (exact) mass is 346 g/mol. The lowest BCUT2D eigenvalue weighted by Crippen LogP contribution is -2.49. The number of fused-ring (bicyclic) bond motifs is 1. The molecular formula is C20H26O5. The Hall–Kier alpha value is -2.30. The number of carbonyl (C=O) groups is 2. The molecule has 0 heterocycles. The first kappa shape index (κ1) is 19.0. The normalized spacial score (nSPS) is 23.0. The number of phenolic OH excluding ortho intramolecular Hbond substituents is 1. The highest BCUT2D eigenvalue weighted by Gasteiger charge is 2.52. The SMILES string of the molecule is C=Cc1c(C)c(O)cc2c1CC[C@H](C(C)(C)C(=O)O)[C@@]2(C)CC(=O)O. The molecule has 1 aliphatic rings. The molecule has 0 saturated carbocycles. The van der Waals surface area contributed by atoms with E-state index < -0.39 is 22.8 Å². The van der Waals surface area contributed by atoms with Gasteiger partial charge in [-0.15, -0.1) is 0 Å². The standard InChI is InChI=1S/C20H26O5/c1-6-12-11(2)15(21)9-14-13(12)7-8-16(19(3,4)18(24)25)20(14,5)10-17(22)23/h6,9,16,21H,1,7-8,10H2,2-5H3,(H,22,23)(H,24,25)/t16-,20+/m1/s1. The van der Waals surface area contributed by atoms with Crippen LogP contribution in [0.4, 0.5) is 0 Å². The summed E-state index contributed by atoms with van der Waals surface area (Å²) in [6, 6.07) is 1.62. The van der Waals surface area contributed by atoms with Crippen molar-refractivity contribution in [2.75, 3.05) is 0 Å². The number of carboxylic acid groups (broad SMARTS) is 2. The Kier molecular flexibility index (Phi) is 4.73. The zero-order valence-corrected chi connectivity index (χ0v) is 15.2. The average Bonchev–Trinajstić information content (AvgIpc) is 2.48. The van der Waals surface area contributed by atoms with Gasteiger partial charge in [0.15, 0.2) is 0 Å². The molecule has 0 fully saturated rings. The summed E-state index contributed by atoms with van der Waals surface area (Å²) in [5.41, 5.74) is 1.23. The molecule has 0 saturated heterocycles. The van der Waals surface area contributed by atoms with Crippen molar-refractivity contribution in [2.45, 2.75) is 52.4 Å². The minimum atomic E-state index is -1.09. The number of aromatic hydroxyl groups is 1. The number of phenols is 1. The van der Waals surface area contributed by atoms with Crippen LogP contribution >= 0.6 is 0 Å². The van der Waals surface area contributed by atoms with E-state index in [1.54, 1.807) is 39.8 Å². The van der Waals surface area contributed by atoms with Gasteiger partial charge < -0.3 is 15.3 Å². The maximum atomic E-state index is 11.8. The predicted molar refractivity (Wildman–Crippen MR) is 95.8 cm³/mol. The van der Waals surface area contributed by atoms with Gasteiger partial charge in [-0.25, -0.2) is 0 Å². The third-order valence-corrected chi connectivity index (χ3v) is 5.93. The number of carboxylic acids is 2. The Bertz CT molecular complexity index is 747. The molecular weight excluding hydrogens is 320 g/mol. The molecule has 0 aromatic heterocycles. The third kappa shape index (κ3) is 2.92. The molecule has 2 atom stereocenters. The van der Waals surface area contributed by atoms with E-state index in [-0.39, 0.29) is 18.1 Å². The van der Waals surface area contributed by atoms with E-state index in [1.807, 2.05) is 0 Å². The minimum Gasteiger partial charge on any atom is -0.508 e. The van der Waals surface area contributed by atoms with Gasteiger partial charge in [0.25, 0.3) is 0 Å². The summed E-state index contributed by atoms with van der Waals surface area (Å²) < 4.78 is 0. The second-order valence-corrected chi connectivity index (χ2v) is 7.77. The van der Waals surface area contributed by atoms with Gasteiger partial charge in [-0.3, -0.25) is 9.59 Å². The van der Waals surface area contributed by atoms with Crippen molar-refractivity contribution in [3.8, 4) is 5.75 Å². The lowest BCUT2D eigenvalue weighted by atomic mass is 9.54. The number of rotatable bonds is 5. The predicted octanol–water partition coefficient (Wildman–Crippen LogP) is 3.75. The van der Waals surface area contributed by atoms with E-state index in [0.29, 0.717) is 18.4 Å². The van der Waals surface area contributed by atoms with Gasteiger partial charge in [-0.2, -0.15) is 0 Å². The molecule has 0 amide bonds. The lowest BCUT2D eigenvalue weighted by molar-refractivity contribution is -0.154. The Labute approximate surface area is 148 Å². The molecule has 1 aliphatic carbocycles. The van der Waals surface area contributed by atoms with E-state index in [4.69, 9.17) is 0 Å². The third-order valence-electron chi connectivity index (χ3n) is 5.93. The van der Waals surface area contributed by atoms with Gasteiger partial charge in [0.05, 0.1) is 11.8 Å². The van der Waals surface area contributed by atoms with Crippen LogP contribution in [0.1, 0.15) is 55.9 Å². The van der Waals surface area contributed by atoms with Gasteiger partial charge in [0, 0.05) is 5.41 Å². The topological polar surface area (TPSA) is 94.8 Å². The fourth-order valence-corrected chi connectivity index (χ4v) is 4.53. The summed E-state index contributed by atoms with van der Waals surface area (Å²) in [7, 11) is 0. The summed E-state index contributed by atoms with van der Waals surface area (Å²) in [4.78, 5) is 23.4. The molecule has 5 nitrogen and oxygen atoms in total. The van der Waals surface area contributed by atoms with Gasteiger partial charge in [-0.1, -0.05) is 19.6 Å². The van der Waals surface area contributed by atoms with E-state index in [9.17, 15) is 24.9 Å². The zero-order chi connectivity index (χ0) is 19.2. The first-order valence-corrected chi connectivity index (χ1v) is 8.40. The molecule has 3 N–H and O–H groups in total. The number of hydrogen-bond acceptors (Lipinski definition) is 3. The molecule has 0 radical (unpaired) electrons. The summed E-state index contributed by atoms with van der Waals surface area (Å²) in [6.45, 7) is 10.7. The van der Waals surface area contributed by atoms with Crippen molar-refractivity contribution < 1.29 is 24.9 Å². The lowest BCUT2D eigenvalue weighted by Gasteiger charge is -2.48. The summed E-state index contributed by atoms with van der Waals surface area (Å²) in [5, 5.41) is 29.5. The Morgan fingerprint density at radius 1 is 1.40 bits per heavy atom. The van der Waals surface area contributed by atoms with Crippen LogP contribution < -0.4 is 0 Å². The quantitative estimate of drug-likeness (QED) is 0.755. The maximum Gasteiger partial charge on any atom is 0.309 e. The van der Waals surface area contributed by atoms with Gasteiger partial charge in [0.1, 0.15) is 5.75 Å². The first-order chi connectivity index (χ1) is 11.5. The Morgan fingerprint density at radius 3 is 2.48 bits per heavy atom. The van der Waals surface area contributed by atoms with Crippen molar-refractivity contribution in [3.05, 3.63) is 34.9 Å². The van der Waals surface area contributed by atoms with Crippen LogP contribution in [-0.2, 0) is 21.4 Å². The second-order valence-electron chi connectivity index (χ2n) is 7.77. The molecule has 0 aliphatic heterocycles. The first-order valence-electron chi connectivity index (χ1n) is 8.40. The summed E-state index contributed by atoms with van der Waals surface area (Å²) in [5.74, 6) is -2.22. The van der Waals surface area contributed by atoms with E-state index in [0.717, 1.165) is 16.7 Å². The van der Waals surface area contributed by atoms with Crippen molar-refractivity contribution in [1.82, 2.24) is 0 Å². The molecule has 0 spiro atoms. The van der Waals surface area contributed by atoms with Crippen molar-refractivity contribution >= 4 is 18.0 Å². The summed E-state index contributed by atoms with van der Waals surface area (Å²) >= 11 is 0. The molecule has 0 bridgehead atoms. The highest BCUT2D eigenvalue weighted by Crippen LogP contribution is 2.53. The second kappa shape index (κ2) is 6.21. The maximum absolute atomic E-state index is 11.8. The highest BCUT2D eigenvalue weighted by molar-refractivity contribution is 5.76. The van der Waals surface area contributed by atoms with E-state index in [1.165, 1.54) is 0 Å². The van der Waals surface area contributed by atoms with Crippen molar-refractivity contribution in [1.29, 1.82) is 0 Å². The largest absolute Gasteiger partial charge is 0.508 e. The Morgan fingerprint density at radius 2 is 2.00 bits per heavy atom. The number of hydrogen-bond donors (Lipinski definition) is 3. The van der Waals surface area contributed by atoms with Crippen molar-refractivity contribution in [3.63, 3.8) is 0 Å². The fourth-order valence-electron chi connectivity index (χ4n) is 4.53. The van der Waals surface area contributed by atoms with E-state index >= 15 is 0 Å². The minimum absolute atomic E-state index is 0.0824. The van der Waals surface area contributed by atoms with E-state index in [2.05, 4.69) is 6.58 Å². The van der Waals surface area contributed by atoms with Crippen LogP contribution in [0, 0.1) is 18.3 Å². The highest BCUT2D eigenvalue weighted by atomic mass is 16.4. The van der Waals surface area contributed by atoms with Crippen LogP contribution in [-0.4, -0.2) is 27.3 Å². The molecule has 1 aromatic carbocycles. The van der Waals surface area contributed by atoms with Crippen LogP contribution in [0.15, 0.2) is 12.6 Å². The van der Waals surface area contributed by atoms with Gasteiger partial charge in [0.2, 0.25) is 0 Å². The molecule has 25 heavy (non-hydrogen) atoms. The molecule has 136 valence electrons. The smallest absolute Gasteiger partial charge is 0.309 e. The fraction of sp³-hybridized carbons (Fsp3) is 0.500. The van der Waals surface area contributed by atoms with Crippen LogP contribution in [0.25, 0.3) is 6.08 Å². The molecule has 0 unspecified atom stereocenters. The molecule has 1 aromatic rings. The summed E-state index contributed by atoms with van der Waals surface area (Å²) in [6.07, 6.45) is 2.69. The molecule has 2 rings (SSSR count). The van der Waals surface area contributed by atoms with Crippen LogP contribution in [0.2, 0.25) is 0 Å². The molecule has 5 heteroatoms. The Balaban J connectivity index is 2.78. The average molecular weight is 346 g/mol. The number of aliphatic carboxylic acids is 2. The van der Waals surface area contributed by atoms with Crippen LogP contribution in [0.5, 0.6) is 5.75 Å². The van der Waals surface area contributed by atoms with Crippen LogP contribution in [0.3, 0.4) is 0 Å². The van der Waals surface area contributed by atoms with Crippen molar-refractivity contribution in [2.24, 2.45) is 11.3 Å². The zero-order valence-electron chi connectivity index (χ0n) is 15.2. The van der Waals surface area contributed by atoms with Gasteiger partial charge in [-0.05, 0) is 67.9 Å². The number of benzene rings is 1. The van der Waals surface area contributed by atoms with Gasteiger partial charge >= 0.3 is 11.9 Å².